The van der Waals surface area contributed by atoms with E-state index >= 15 is 0 Å². The minimum atomic E-state index is -0.455. The maximum Gasteiger partial charge on any atom is 0.0850 e. The van der Waals surface area contributed by atoms with Gasteiger partial charge in [-0.15, -0.1) is 0 Å². The molecule has 1 aromatic heterocycles. The summed E-state index contributed by atoms with van der Waals surface area (Å²) in [6.07, 6.45) is 1.51. The fourth-order valence-corrected chi connectivity index (χ4v) is 2.98. The van der Waals surface area contributed by atoms with Gasteiger partial charge in [0.05, 0.1) is 22.5 Å². The molecule has 0 amide bonds. The van der Waals surface area contributed by atoms with Gasteiger partial charge in [0, 0.05) is 13.5 Å². The second-order valence-corrected chi connectivity index (χ2v) is 6.05. The van der Waals surface area contributed by atoms with Gasteiger partial charge in [-0.2, -0.15) is 5.10 Å². The molecule has 1 N–H and O–H groups in total. The Hall–Kier alpha value is -1.32. The predicted octanol–water partition coefficient (Wildman–Crippen LogP) is 3.40. The van der Waals surface area contributed by atoms with Crippen LogP contribution in [0.4, 0.5) is 0 Å². The standard InChI is InChI=1S/C17H23ClN2O/c1-5-15-17(18)16(20(4)19-15)10-14(21)9-13-8-11(2)6-7-12(13)3/h6-8,14,21H,5,9-10H2,1-4H3. The summed E-state index contributed by atoms with van der Waals surface area (Å²) >= 11 is 6.34. The summed E-state index contributed by atoms with van der Waals surface area (Å²) < 4.78 is 1.79. The van der Waals surface area contributed by atoms with E-state index < -0.39 is 6.10 Å². The lowest BCUT2D eigenvalue weighted by Crippen LogP contribution is -2.17. The summed E-state index contributed by atoms with van der Waals surface area (Å²) in [5.74, 6) is 0. The molecule has 0 aliphatic rings. The molecular weight excluding hydrogens is 284 g/mol. The quantitative estimate of drug-likeness (QED) is 0.919. The van der Waals surface area contributed by atoms with Crippen molar-refractivity contribution in [3.8, 4) is 0 Å². The minimum Gasteiger partial charge on any atom is -0.392 e. The van der Waals surface area contributed by atoms with E-state index in [0.717, 1.165) is 17.8 Å². The van der Waals surface area contributed by atoms with Crippen molar-refractivity contribution in [1.29, 1.82) is 0 Å². The van der Waals surface area contributed by atoms with Gasteiger partial charge in [0.25, 0.3) is 0 Å². The molecule has 0 spiro atoms. The maximum absolute atomic E-state index is 10.4. The van der Waals surface area contributed by atoms with Crippen molar-refractivity contribution in [1.82, 2.24) is 9.78 Å². The summed E-state index contributed by atoms with van der Waals surface area (Å²) in [5.41, 5.74) is 5.43. The number of halogens is 1. The van der Waals surface area contributed by atoms with Gasteiger partial charge in [0.1, 0.15) is 0 Å². The number of aliphatic hydroxyl groups is 1. The van der Waals surface area contributed by atoms with Crippen molar-refractivity contribution in [2.24, 2.45) is 7.05 Å². The molecule has 1 atom stereocenters. The van der Waals surface area contributed by atoms with E-state index in [9.17, 15) is 5.11 Å². The van der Waals surface area contributed by atoms with Crippen molar-refractivity contribution < 1.29 is 5.11 Å². The molecule has 1 heterocycles. The van der Waals surface area contributed by atoms with Crippen molar-refractivity contribution >= 4 is 11.6 Å². The number of aliphatic hydroxyl groups excluding tert-OH is 1. The van der Waals surface area contributed by atoms with E-state index in [2.05, 4.69) is 37.1 Å². The van der Waals surface area contributed by atoms with Gasteiger partial charge < -0.3 is 5.11 Å². The number of hydrogen-bond donors (Lipinski definition) is 1. The highest BCUT2D eigenvalue weighted by molar-refractivity contribution is 6.31. The van der Waals surface area contributed by atoms with Crippen LogP contribution in [0.5, 0.6) is 0 Å². The third kappa shape index (κ3) is 3.66. The number of nitrogens with zero attached hydrogens (tertiary/aromatic N) is 2. The van der Waals surface area contributed by atoms with Gasteiger partial charge in [-0.25, -0.2) is 0 Å². The third-order valence-corrected chi connectivity index (χ3v) is 4.33. The van der Waals surface area contributed by atoms with Crippen LogP contribution in [0.2, 0.25) is 5.02 Å². The molecule has 0 radical (unpaired) electrons. The minimum absolute atomic E-state index is 0.455. The first-order chi connectivity index (χ1) is 9.92. The number of benzene rings is 1. The van der Waals surface area contributed by atoms with Crippen molar-refractivity contribution in [2.75, 3.05) is 0 Å². The Bertz CT molecular complexity index is 634. The number of aromatic nitrogens is 2. The first-order valence-corrected chi connectivity index (χ1v) is 7.74. The average Bonchev–Trinajstić information content (AvgIpc) is 2.70. The summed E-state index contributed by atoms with van der Waals surface area (Å²) in [6, 6.07) is 6.33. The Morgan fingerprint density at radius 2 is 2.00 bits per heavy atom. The molecule has 3 nitrogen and oxygen atoms in total. The summed E-state index contributed by atoms with van der Waals surface area (Å²) in [6.45, 7) is 6.18. The van der Waals surface area contributed by atoms with Crippen molar-refractivity contribution in [2.45, 2.75) is 46.1 Å². The van der Waals surface area contributed by atoms with E-state index in [1.807, 2.05) is 14.0 Å². The van der Waals surface area contributed by atoms with Gasteiger partial charge in [-0.1, -0.05) is 42.3 Å². The summed E-state index contributed by atoms with van der Waals surface area (Å²) in [4.78, 5) is 0. The van der Waals surface area contributed by atoms with E-state index in [-0.39, 0.29) is 0 Å². The Morgan fingerprint density at radius 1 is 1.29 bits per heavy atom. The molecule has 21 heavy (non-hydrogen) atoms. The molecule has 0 saturated heterocycles. The highest BCUT2D eigenvalue weighted by Gasteiger charge is 2.17. The second kappa shape index (κ2) is 6.63. The van der Waals surface area contributed by atoms with Crippen LogP contribution in [0.3, 0.4) is 0 Å². The smallest absolute Gasteiger partial charge is 0.0850 e. The number of aryl methyl sites for hydroxylation is 4. The summed E-state index contributed by atoms with van der Waals surface area (Å²) in [5, 5.41) is 15.5. The van der Waals surface area contributed by atoms with Crippen LogP contribution in [-0.2, 0) is 26.3 Å². The predicted molar refractivity (Wildman–Crippen MR) is 86.9 cm³/mol. The van der Waals surface area contributed by atoms with E-state index in [1.54, 1.807) is 4.68 Å². The average molecular weight is 307 g/mol. The van der Waals surface area contributed by atoms with Crippen LogP contribution in [0.15, 0.2) is 18.2 Å². The SMILES string of the molecule is CCc1nn(C)c(CC(O)Cc2cc(C)ccc2C)c1Cl. The Morgan fingerprint density at radius 3 is 2.62 bits per heavy atom. The van der Waals surface area contributed by atoms with Crippen LogP contribution >= 0.6 is 11.6 Å². The lowest BCUT2D eigenvalue weighted by molar-refractivity contribution is 0.172. The van der Waals surface area contributed by atoms with Crippen molar-refractivity contribution in [3.05, 3.63) is 51.3 Å². The van der Waals surface area contributed by atoms with Crippen LogP contribution in [0.25, 0.3) is 0 Å². The third-order valence-electron chi connectivity index (χ3n) is 3.89. The maximum atomic E-state index is 10.4. The van der Waals surface area contributed by atoms with Crippen LogP contribution < -0.4 is 0 Å². The van der Waals surface area contributed by atoms with E-state index in [1.165, 1.54) is 16.7 Å². The topological polar surface area (TPSA) is 38.0 Å². The zero-order chi connectivity index (χ0) is 15.6. The highest BCUT2D eigenvalue weighted by Crippen LogP contribution is 2.23. The van der Waals surface area contributed by atoms with Gasteiger partial charge in [0.2, 0.25) is 0 Å². The van der Waals surface area contributed by atoms with Gasteiger partial charge in [-0.05, 0) is 37.8 Å². The molecule has 0 aliphatic carbocycles. The Balaban J connectivity index is 2.13. The molecular formula is C17H23ClN2O. The zero-order valence-electron chi connectivity index (χ0n) is 13.2. The van der Waals surface area contributed by atoms with Gasteiger partial charge in [-0.3, -0.25) is 4.68 Å². The van der Waals surface area contributed by atoms with Crippen molar-refractivity contribution in [3.63, 3.8) is 0 Å². The monoisotopic (exact) mass is 306 g/mol. The van der Waals surface area contributed by atoms with E-state index in [4.69, 9.17) is 11.6 Å². The Kier molecular flexibility index (Phi) is 5.07. The van der Waals surface area contributed by atoms with Crippen LogP contribution in [0.1, 0.15) is 35.0 Å². The van der Waals surface area contributed by atoms with Gasteiger partial charge >= 0.3 is 0 Å². The number of rotatable bonds is 5. The lowest BCUT2D eigenvalue weighted by atomic mass is 9.98. The fraction of sp³-hybridized carbons (Fsp3) is 0.471. The molecule has 114 valence electrons. The second-order valence-electron chi connectivity index (χ2n) is 5.68. The van der Waals surface area contributed by atoms with Crippen LogP contribution in [0, 0.1) is 13.8 Å². The van der Waals surface area contributed by atoms with Gasteiger partial charge in [0.15, 0.2) is 0 Å². The molecule has 1 aromatic carbocycles. The molecule has 4 heteroatoms. The molecule has 0 saturated carbocycles. The zero-order valence-corrected chi connectivity index (χ0v) is 13.9. The Labute approximate surface area is 131 Å². The molecule has 0 bridgehead atoms. The normalized spacial score (nSPS) is 12.7. The summed E-state index contributed by atoms with van der Waals surface area (Å²) in [7, 11) is 1.88. The number of hydrogen-bond acceptors (Lipinski definition) is 2. The van der Waals surface area contributed by atoms with E-state index in [0.29, 0.717) is 17.9 Å². The molecule has 1 unspecified atom stereocenters. The molecule has 0 aliphatic heterocycles. The molecule has 2 rings (SSSR count). The lowest BCUT2D eigenvalue weighted by Gasteiger charge is -2.14. The highest BCUT2D eigenvalue weighted by atomic mass is 35.5. The largest absolute Gasteiger partial charge is 0.392 e. The van der Waals surface area contributed by atoms with Crippen LogP contribution in [-0.4, -0.2) is 21.0 Å². The molecule has 0 fully saturated rings. The first kappa shape index (κ1) is 16.1. The fourth-order valence-electron chi connectivity index (χ4n) is 2.61. The molecule has 2 aromatic rings. The first-order valence-electron chi connectivity index (χ1n) is 7.36.